The molecule has 2 aromatic carbocycles. The summed E-state index contributed by atoms with van der Waals surface area (Å²) in [6, 6.07) is 17.7. The molecular weight excluding hydrogens is 368 g/mol. The number of nitrogens with one attached hydrogen (secondary N) is 2. The average Bonchev–Trinajstić information content (AvgIpc) is 3.42. The number of carbonyl (C=O) groups excluding carboxylic acids is 1. The molecule has 1 aromatic heterocycles. The SMILES string of the molecule is COc1cccc(CC2=NOC(C(=O)NCc3cn[nH]c3-c3ccccc3)C2)c1. The summed E-state index contributed by atoms with van der Waals surface area (Å²) in [6.45, 7) is 0.366. The van der Waals surface area contributed by atoms with E-state index in [0.29, 0.717) is 19.4 Å². The summed E-state index contributed by atoms with van der Waals surface area (Å²) in [5.41, 5.74) is 4.74. The molecule has 0 saturated carbocycles. The van der Waals surface area contributed by atoms with Crippen LogP contribution >= 0.6 is 0 Å². The smallest absolute Gasteiger partial charge is 0.264 e. The Labute approximate surface area is 168 Å². The van der Waals surface area contributed by atoms with E-state index in [4.69, 9.17) is 9.57 Å². The molecule has 1 aliphatic rings. The summed E-state index contributed by atoms with van der Waals surface area (Å²) in [7, 11) is 1.64. The zero-order chi connectivity index (χ0) is 20.1. The van der Waals surface area contributed by atoms with Gasteiger partial charge in [0.25, 0.3) is 5.91 Å². The van der Waals surface area contributed by atoms with E-state index in [0.717, 1.165) is 33.8 Å². The maximum atomic E-state index is 12.5. The van der Waals surface area contributed by atoms with E-state index in [2.05, 4.69) is 20.7 Å². The molecule has 148 valence electrons. The largest absolute Gasteiger partial charge is 0.497 e. The normalized spacial score (nSPS) is 15.5. The van der Waals surface area contributed by atoms with E-state index in [1.54, 1.807) is 13.3 Å². The maximum Gasteiger partial charge on any atom is 0.264 e. The Balaban J connectivity index is 1.31. The van der Waals surface area contributed by atoms with Crippen molar-refractivity contribution < 1.29 is 14.4 Å². The van der Waals surface area contributed by atoms with Gasteiger partial charge in [-0.15, -0.1) is 0 Å². The molecule has 1 unspecified atom stereocenters. The Hall–Kier alpha value is -3.61. The number of benzene rings is 2. The van der Waals surface area contributed by atoms with Crippen LogP contribution in [-0.2, 0) is 22.6 Å². The first-order valence-corrected chi connectivity index (χ1v) is 9.43. The van der Waals surface area contributed by atoms with Crippen LogP contribution < -0.4 is 10.1 Å². The van der Waals surface area contributed by atoms with E-state index in [9.17, 15) is 4.79 Å². The Bertz CT molecular complexity index is 1010. The Morgan fingerprint density at radius 1 is 1.24 bits per heavy atom. The van der Waals surface area contributed by atoms with Crippen molar-refractivity contribution in [1.29, 1.82) is 0 Å². The summed E-state index contributed by atoms with van der Waals surface area (Å²) in [6.07, 6.45) is 2.21. The molecular formula is C22H22N4O3. The molecule has 0 saturated heterocycles. The van der Waals surface area contributed by atoms with Gasteiger partial charge in [-0.25, -0.2) is 0 Å². The molecule has 2 N–H and O–H groups in total. The third-order valence-corrected chi connectivity index (χ3v) is 4.80. The lowest BCUT2D eigenvalue weighted by atomic mass is 10.0. The highest BCUT2D eigenvalue weighted by molar-refractivity contribution is 5.94. The summed E-state index contributed by atoms with van der Waals surface area (Å²) in [5, 5.41) is 14.1. The minimum absolute atomic E-state index is 0.186. The van der Waals surface area contributed by atoms with Gasteiger partial charge in [0, 0.05) is 24.9 Å². The number of hydrogen-bond acceptors (Lipinski definition) is 5. The summed E-state index contributed by atoms with van der Waals surface area (Å²) in [4.78, 5) is 17.9. The van der Waals surface area contributed by atoms with Crippen LogP contribution in [0.3, 0.4) is 0 Å². The third kappa shape index (κ3) is 4.45. The summed E-state index contributed by atoms with van der Waals surface area (Å²) in [5.74, 6) is 0.611. The zero-order valence-corrected chi connectivity index (χ0v) is 16.1. The highest BCUT2D eigenvalue weighted by atomic mass is 16.6. The van der Waals surface area contributed by atoms with Gasteiger partial charge in [0.1, 0.15) is 5.75 Å². The average molecular weight is 390 g/mol. The van der Waals surface area contributed by atoms with Crippen molar-refractivity contribution in [2.45, 2.75) is 25.5 Å². The van der Waals surface area contributed by atoms with Crippen molar-refractivity contribution in [1.82, 2.24) is 15.5 Å². The van der Waals surface area contributed by atoms with Crippen molar-refractivity contribution in [3.63, 3.8) is 0 Å². The van der Waals surface area contributed by atoms with Gasteiger partial charge in [-0.3, -0.25) is 9.89 Å². The highest BCUT2D eigenvalue weighted by Crippen LogP contribution is 2.21. The molecule has 7 heteroatoms. The molecule has 0 fully saturated rings. The predicted octanol–water partition coefficient (Wildman–Crippen LogP) is 3.09. The van der Waals surface area contributed by atoms with Crippen molar-refractivity contribution >= 4 is 11.6 Å². The van der Waals surface area contributed by atoms with Crippen LogP contribution in [0.1, 0.15) is 17.5 Å². The number of ether oxygens (including phenoxy) is 1. The number of nitrogens with zero attached hydrogens (tertiary/aromatic N) is 2. The number of oxime groups is 1. The van der Waals surface area contributed by atoms with Crippen molar-refractivity contribution in [2.24, 2.45) is 5.16 Å². The fourth-order valence-corrected chi connectivity index (χ4v) is 3.29. The molecule has 7 nitrogen and oxygen atoms in total. The van der Waals surface area contributed by atoms with Crippen LogP contribution in [0, 0.1) is 0 Å². The van der Waals surface area contributed by atoms with Crippen molar-refractivity contribution in [3.8, 4) is 17.0 Å². The first-order valence-electron chi connectivity index (χ1n) is 9.43. The van der Waals surface area contributed by atoms with Gasteiger partial charge in [0.15, 0.2) is 0 Å². The molecule has 3 aromatic rings. The van der Waals surface area contributed by atoms with Crippen molar-refractivity contribution in [2.75, 3.05) is 7.11 Å². The molecule has 1 atom stereocenters. The lowest BCUT2D eigenvalue weighted by molar-refractivity contribution is -0.131. The Kier molecular flexibility index (Phi) is 5.56. The molecule has 4 rings (SSSR count). The van der Waals surface area contributed by atoms with Crippen LogP contribution in [0.4, 0.5) is 0 Å². The van der Waals surface area contributed by atoms with Crippen LogP contribution in [0.15, 0.2) is 65.9 Å². The van der Waals surface area contributed by atoms with E-state index in [-0.39, 0.29) is 5.91 Å². The van der Waals surface area contributed by atoms with Gasteiger partial charge in [-0.05, 0) is 23.3 Å². The molecule has 1 amide bonds. The van der Waals surface area contributed by atoms with Gasteiger partial charge < -0.3 is 14.9 Å². The molecule has 1 aliphatic heterocycles. The van der Waals surface area contributed by atoms with Crippen LogP contribution in [0.25, 0.3) is 11.3 Å². The van der Waals surface area contributed by atoms with Gasteiger partial charge in [0.05, 0.1) is 24.7 Å². The van der Waals surface area contributed by atoms with E-state index < -0.39 is 6.10 Å². The summed E-state index contributed by atoms with van der Waals surface area (Å²) < 4.78 is 5.24. The number of aromatic nitrogens is 2. The monoisotopic (exact) mass is 390 g/mol. The molecule has 0 aliphatic carbocycles. The number of aromatic amines is 1. The fraction of sp³-hybridized carbons (Fsp3) is 0.227. The summed E-state index contributed by atoms with van der Waals surface area (Å²) >= 11 is 0. The minimum Gasteiger partial charge on any atom is -0.497 e. The molecule has 0 radical (unpaired) electrons. The zero-order valence-electron chi connectivity index (χ0n) is 16.1. The second-order valence-corrected chi connectivity index (χ2v) is 6.84. The second kappa shape index (κ2) is 8.60. The first kappa shape index (κ1) is 18.7. The van der Waals surface area contributed by atoms with E-state index in [1.807, 2.05) is 54.6 Å². The Morgan fingerprint density at radius 2 is 2.10 bits per heavy atom. The van der Waals surface area contributed by atoms with Gasteiger partial charge >= 0.3 is 0 Å². The lowest BCUT2D eigenvalue weighted by Crippen LogP contribution is -2.34. The van der Waals surface area contributed by atoms with Gasteiger partial charge in [-0.1, -0.05) is 47.6 Å². The number of rotatable bonds is 7. The van der Waals surface area contributed by atoms with Crippen LogP contribution in [0.2, 0.25) is 0 Å². The molecule has 0 spiro atoms. The molecule has 29 heavy (non-hydrogen) atoms. The second-order valence-electron chi connectivity index (χ2n) is 6.84. The third-order valence-electron chi connectivity index (χ3n) is 4.80. The van der Waals surface area contributed by atoms with Crippen LogP contribution in [0.5, 0.6) is 5.75 Å². The van der Waals surface area contributed by atoms with Gasteiger partial charge in [0.2, 0.25) is 6.10 Å². The number of carbonyl (C=O) groups is 1. The highest BCUT2D eigenvalue weighted by Gasteiger charge is 2.28. The quantitative estimate of drug-likeness (QED) is 0.649. The van der Waals surface area contributed by atoms with E-state index >= 15 is 0 Å². The number of H-pyrrole nitrogens is 1. The standard InChI is InChI=1S/C22H22N4O3/c1-28-19-9-5-6-15(11-19)10-18-12-20(29-26-18)22(27)23-13-17-14-24-25-21(17)16-7-3-2-4-8-16/h2-9,11,14,20H,10,12-13H2,1H3,(H,23,27)(H,24,25). The van der Waals surface area contributed by atoms with E-state index in [1.165, 1.54) is 0 Å². The lowest BCUT2D eigenvalue weighted by Gasteiger charge is -2.10. The minimum atomic E-state index is -0.609. The Morgan fingerprint density at radius 3 is 2.93 bits per heavy atom. The van der Waals surface area contributed by atoms with Gasteiger partial charge in [-0.2, -0.15) is 5.10 Å². The number of hydrogen-bond donors (Lipinski definition) is 2. The number of methoxy groups -OCH3 is 1. The number of amides is 1. The molecule has 0 bridgehead atoms. The van der Waals surface area contributed by atoms with Crippen LogP contribution in [-0.4, -0.2) is 35.0 Å². The first-order chi connectivity index (χ1) is 14.2. The fourth-order valence-electron chi connectivity index (χ4n) is 3.29. The topological polar surface area (TPSA) is 88.6 Å². The predicted molar refractivity (Wildman–Crippen MR) is 109 cm³/mol. The maximum absolute atomic E-state index is 12.5. The molecule has 2 heterocycles. The van der Waals surface area contributed by atoms with Crippen molar-refractivity contribution in [3.05, 3.63) is 71.9 Å².